The van der Waals surface area contributed by atoms with Crippen LogP contribution in [0.4, 0.5) is 0 Å². The van der Waals surface area contributed by atoms with Crippen molar-refractivity contribution in [1.29, 1.82) is 0 Å². The molecule has 0 saturated carbocycles. The van der Waals surface area contributed by atoms with Crippen LogP contribution in [-0.2, 0) is 0 Å². The Bertz CT molecular complexity index is 65.3. The van der Waals surface area contributed by atoms with E-state index in [1.54, 1.807) is 0 Å². The van der Waals surface area contributed by atoms with Crippen molar-refractivity contribution in [2.24, 2.45) is 11.8 Å². The van der Waals surface area contributed by atoms with Crippen molar-refractivity contribution in [3.63, 3.8) is 0 Å². The molecule has 0 radical (unpaired) electrons. The number of hydrogen-bond acceptors (Lipinski definition) is 1. The maximum Gasteiger partial charge on any atom is 0.0459 e. The average Bonchev–Trinajstić information content (AvgIpc) is 2.24. The third kappa shape index (κ3) is 10.8. The predicted molar refractivity (Wildman–Crippen MR) is 74.1 cm³/mol. The summed E-state index contributed by atoms with van der Waals surface area (Å²) in [6.07, 6.45) is 4.90. The van der Waals surface area contributed by atoms with Crippen molar-refractivity contribution < 1.29 is 5.11 Å². The SMILES string of the molecule is CCC(CC)CI.CCC(CC)CO. The molecule has 1 nitrogen and oxygen atoms in total. The van der Waals surface area contributed by atoms with Crippen LogP contribution in [0.15, 0.2) is 0 Å². The van der Waals surface area contributed by atoms with Crippen LogP contribution < -0.4 is 0 Å². The molecule has 0 atom stereocenters. The number of hydrogen-bond donors (Lipinski definition) is 1. The zero-order valence-corrected chi connectivity index (χ0v) is 12.4. The second-order valence-corrected chi connectivity index (χ2v) is 4.58. The third-order valence-electron chi connectivity index (χ3n) is 2.79. The third-order valence-corrected chi connectivity index (χ3v) is 4.03. The standard InChI is InChI=1S/C6H13I.C6H14O/c2*1-3-6(4-2)5-7/h6H,3-5H2,1-2H3;6-7H,3-5H2,1-2H3. The van der Waals surface area contributed by atoms with Gasteiger partial charge in [0.15, 0.2) is 0 Å². The molecule has 0 aliphatic heterocycles. The topological polar surface area (TPSA) is 20.2 Å². The molecular formula is C12H27IO. The highest BCUT2D eigenvalue weighted by atomic mass is 127. The van der Waals surface area contributed by atoms with Gasteiger partial charge in [-0.05, 0) is 11.8 Å². The Morgan fingerprint density at radius 1 is 0.857 bits per heavy atom. The normalized spacial score (nSPS) is 10.3. The molecule has 88 valence electrons. The number of aliphatic hydroxyl groups is 1. The van der Waals surface area contributed by atoms with Crippen LogP contribution in [0, 0.1) is 11.8 Å². The molecule has 0 heterocycles. The first-order chi connectivity index (χ1) is 6.69. The van der Waals surface area contributed by atoms with E-state index in [-0.39, 0.29) is 0 Å². The van der Waals surface area contributed by atoms with Crippen LogP contribution >= 0.6 is 22.6 Å². The van der Waals surface area contributed by atoms with E-state index in [4.69, 9.17) is 5.11 Å². The minimum atomic E-state index is 0.354. The molecule has 14 heavy (non-hydrogen) atoms. The number of aliphatic hydroxyl groups excluding tert-OH is 1. The molecule has 1 N–H and O–H groups in total. The lowest BCUT2D eigenvalue weighted by Gasteiger charge is -2.04. The van der Waals surface area contributed by atoms with Crippen molar-refractivity contribution in [3.8, 4) is 0 Å². The van der Waals surface area contributed by atoms with Gasteiger partial charge in [0.05, 0.1) is 0 Å². The van der Waals surface area contributed by atoms with Gasteiger partial charge in [-0.3, -0.25) is 0 Å². The lowest BCUT2D eigenvalue weighted by atomic mass is 10.1. The lowest BCUT2D eigenvalue weighted by Crippen LogP contribution is -2.01. The molecule has 0 unspecified atom stereocenters. The molecule has 0 spiro atoms. The van der Waals surface area contributed by atoms with Gasteiger partial charge in [0.1, 0.15) is 0 Å². The van der Waals surface area contributed by atoms with E-state index in [1.807, 2.05) is 0 Å². The smallest absolute Gasteiger partial charge is 0.0459 e. The Morgan fingerprint density at radius 2 is 1.21 bits per heavy atom. The Morgan fingerprint density at radius 3 is 1.21 bits per heavy atom. The van der Waals surface area contributed by atoms with Crippen LogP contribution in [0.25, 0.3) is 0 Å². The molecular weight excluding hydrogens is 287 g/mol. The number of halogens is 1. The summed E-state index contributed by atoms with van der Waals surface area (Å²) in [7, 11) is 0. The lowest BCUT2D eigenvalue weighted by molar-refractivity contribution is 0.219. The first-order valence-corrected chi connectivity index (χ1v) is 7.39. The van der Waals surface area contributed by atoms with E-state index in [9.17, 15) is 0 Å². The molecule has 0 aromatic heterocycles. The Labute approximate surface area is 104 Å². The van der Waals surface area contributed by atoms with Crippen LogP contribution in [-0.4, -0.2) is 16.1 Å². The summed E-state index contributed by atoms with van der Waals surface area (Å²) < 4.78 is 1.32. The van der Waals surface area contributed by atoms with E-state index in [2.05, 4.69) is 50.3 Å². The number of alkyl halides is 1. The van der Waals surface area contributed by atoms with Crippen LogP contribution in [0.5, 0.6) is 0 Å². The summed E-state index contributed by atoms with van der Waals surface area (Å²) in [5.41, 5.74) is 0. The first kappa shape index (κ1) is 17.1. The minimum Gasteiger partial charge on any atom is -0.396 e. The average molecular weight is 314 g/mol. The van der Waals surface area contributed by atoms with E-state index in [0.717, 1.165) is 18.8 Å². The van der Waals surface area contributed by atoms with Crippen LogP contribution in [0.1, 0.15) is 53.4 Å². The molecule has 2 heteroatoms. The maximum atomic E-state index is 8.53. The van der Waals surface area contributed by atoms with E-state index >= 15 is 0 Å². The molecule has 0 rings (SSSR count). The highest BCUT2D eigenvalue weighted by molar-refractivity contribution is 14.1. The second kappa shape index (κ2) is 13.7. The highest BCUT2D eigenvalue weighted by Gasteiger charge is 1.97. The van der Waals surface area contributed by atoms with Gasteiger partial charge in [-0.15, -0.1) is 0 Å². The summed E-state index contributed by atoms with van der Waals surface area (Å²) >= 11 is 2.45. The van der Waals surface area contributed by atoms with Gasteiger partial charge in [0.25, 0.3) is 0 Å². The van der Waals surface area contributed by atoms with Crippen LogP contribution in [0.2, 0.25) is 0 Å². The summed E-state index contributed by atoms with van der Waals surface area (Å²) in [5, 5.41) is 8.53. The Kier molecular flexibility index (Phi) is 16.7. The van der Waals surface area contributed by atoms with Gasteiger partial charge in [0.2, 0.25) is 0 Å². The summed E-state index contributed by atoms with van der Waals surface area (Å²) in [5.74, 6) is 1.51. The fourth-order valence-electron chi connectivity index (χ4n) is 1.05. The summed E-state index contributed by atoms with van der Waals surface area (Å²) in [4.78, 5) is 0. The minimum absolute atomic E-state index is 0.354. The zero-order chi connectivity index (χ0) is 11.4. The van der Waals surface area contributed by atoms with Gasteiger partial charge in [-0.2, -0.15) is 0 Å². The van der Waals surface area contributed by atoms with E-state index in [1.165, 1.54) is 17.3 Å². The predicted octanol–water partition coefficient (Wildman–Crippen LogP) is 4.27. The Hall–Kier alpha value is 0.690. The fraction of sp³-hybridized carbons (Fsp3) is 1.00. The largest absolute Gasteiger partial charge is 0.396 e. The van der Waals surface area contributed by atoms with Crippen molar-refractivity contribution in [1.82, 2.24) is 0 Å². The molecule has 0 bridgehead atoms. The Balaban J connectivity index is 0. The fourth-order valence-corrected chi connectivity index (χ4v) is 2.30. The highest BCUT2D eigenvalue weighted by Crippen LogP contribution is 2.09. The first-order valence-electron chi connectivity index (χ1n) is 5.86. The molecule has 0 aromatic carbocycles. The van der Waals surface area contributed by atoms with Crippen molar-refractivity contribution in [3.05, 3.63) is 0 Å². The van der Waals surface area contributed by atoms with E-state index in [0.29, 0.717) is 12.5 Å². The molecule has 0 aromatic rings. The monoisotopic (exact) mass is 314 g/mol. The second-order valence-electron chi connectivity index (χ2n) is 3.70. The van der Waals surface area contributed by atoms with Gasteiger partial charge in [-0.1, -0.05) is 76.0 Å². The van der Waals surface area contributed by atoms with Crippen molar-refractivity contribution >= 4 is 22.6 Å². The van der Waals surface area contributed by atoms with Gasteiger partial charge in [-0.25, -0.2) is 0 Å². The quantitative estimate of drug-likeness (QED) is 0.573. The molecule has 0 saturated heterocycles. The van der Waals surface area contributed by atoms with Crippen LogP contribution in [0.3, 0.4) is 0 Å². The summed E-state index contributed by atoms with van der Waals surface area (Å²) in [6, 6.07) is 0. The number of rotatable bonds is 6. The zero-order valence-electron chi connectivity index (χ0n) is 10.2. The van der Waals surface area contributed by atoms with Crippen molar-refractivity contribution in [2.45, 2.75) is 53.4 Å². The van der Waals surface area contributed by atoms with E-state index < -0.39 is 0 Å². The van der Waals surface area contributed by atoms with Gasteiger partial charge >= 0.3 is 0 Å². The van der Waals surface area contributed by atoms with Crippen molar-refractivity contribution in [2.75, 3.05) is 11.0 Å². The van der Waals surface area contributed by atoms with Gasteiger partial charge in [0, 0.05) is 11.0 Å². The molecule has 0 fully saturated rings. The van der Waals surface area contributed by atoms with Gasteiger partial charge < -0.3 is 5.11 Å². The summed E-state index contributed by atoms with van der Waals surface area (Å²) in [6.45, 7) is 9.07. The molecule has 0 aliphatic rings. The molecule has 0 aliphatic carbocycles. The maximum absolute atomic E-state index is 8.53. The molecule has 0 amide bonds.